The normalized spacial score (nSPS) is 11.8. The number of hydrogen-bond donors (Lipinski definition) is 2. The van der Waals surface area contributed by atoms with Crippen LogP contribution in [0, 0.1) is 6.92 Å². The number of benzene rings is 1. The van der Waals surface area contributed by atoms with Gasteiger partial charge in [-0.25, -0.2) is 4.98 Å². The Balaban J connectivity index is 0.00000338. The fourth-order valence-corrected chi connectivity index (χ4v) is 3.05. The van der Waals surface area contributed by atoms with E-state index in [-0.39, 0.29) is 30.5 Å². The van der Waals surface area contributed by atoms with Crippen molar-refractivity contribution in [1.29, 1.82) is 0 Å². The van der Waals surface area contributed by atoms with Crippen LogP contribution in [0.15, 0.2) is 34.6 Å². The molecule has 0 saturated heterocycles. The number of aliphatic imine (C=N–C) groups is 1. The van der Waals surface area contributed by atoms with E-state index < -0.39 is 11.7 Å². The Kier molecular flexibility index (Phi) is 9.34. The smallest absolute Gasteiger partial charge is 0.356 e. The van der Waals surface area contributed by atoms with E-state index in [4.69, 9.17) is 0 Å². The lowest BCUT2D eigenvalue weighted by Gasteiger charge is -2.13. The van der Waals surface area contributed by atoms with Gasteiger partial charge in [0.05, 0.1) is 10.6 Å². The maximum absolute atomic E-state index is 12.7. The molecule has 0 bridgehead atoms. The number of hydrogen-bond acceptors (Lipinski definition) is 3. The molecule has 4 nitrogen and oxygen atoms in total. The standard InChI is InChI=1S/C17H21F3N4S.HI/c1-12-11-25-15(24-12)7-4-8-22-16(21-2)23-10-13-5-3-6-14(9-13)17(18,19)20;/h3,5-6,9,11H,4,7-8,10H2,1-2H3,(H2,21,22,23);1H. The van der Waals surface area contributed by atoms with Crippen molar-refractivity contribution in [1.82, 2.24) is 15.6 Å². The Bertz CT molecular complexity index is 716. The second-order valence-electron chi connectivity index (χ2n) is 5.54. The van der Waals surface area contributed by atoms with E-state index in [1.165, 1.54) is 6.07 Å². The quantitative estimate of drug-likeness (QED) is 0.269. The summed E-state index contributed by atoms with van der Waals surface area (Å²) in [4.78, 5) is 8.49. The first-order valence-electron chi connectivity index (χ1n) is 7.90. The highest BCUT2D eigenvalue weighted by molar-refractivity contribution is 14.0. The van der Waals surface area contributed by atoms with Crippen molar-refractivity contribution >= 4 is 41.3 Å². The average Bonchev–Trinajstić information content (AvgIpc) is 2.99. The number of halogens is 4. The minimum absolute atomic E-state index is 0. The van der Waals surface area contributed by atoms with Crippen LogP contribution in [0.2, 0.25) is 0 Å². The molecule has 0 aliphatic rings. The van der Waals surface area contributed by atoms with Crippen molar-refractivity contribution in [2.45, 2.75) is 32.5 Å². The number of thiazole rings is 1. The number of alkyl halides is 3. The van der Waals surface area contributed by atoms with Crippen LogP contribution in [-0.2, 0) is 19.1 Å². The van der Waals surface area contributed by atoms with Crippen molar-refractivity contribution in [3.05, 3.63) is 51.5 Å². The molecule has 0 radical (unpaired) electrons. The Morgan fingerprint density at radius 2 is 2.04 bits per heavy atom. The molecule has 0 saturated carbocycles. The summed E-state index contributed by atoms with van der Waals surface area (Å²) in [5, 5.41) is 9.31. The Morgan fingerprint density at radius 1 is 1.27 bits per heavy atom. The fourth-order valence-electron chi connectivity index (χ4n) is 2.23. The molecular weight excluding hydrogens is 476 g/mol. The van der Waals surface area contributed by atoms with Gasteiger partial charge in [0.2, 0.25) is 0 Å². The molecule has 0 aliphatic carbocycles. The number of nitrogens with zero attached hydrogens (tertiary/aromatic N) is 2. The number of aryl methyl sites for hydroxylation is 2. The van der Waals surface area contributed by atoms with E-state index in [0.29, 0.717) is 18.1 Å². The Labute approximate surface area is 172 Å². The Hall–Kier alpha value is -1.36. The maximum Gasteiger partial charge on any atom is 0.416 e. The van der Waals surface area contributed by atoms with Crippen LogP contribution in [0.1, 0.15) is 28.2 Å². The van der Waals surface area contributed by atoms with E-state index >= 15 is 0 Å². The lowest BCUT2D eigenvalue weighted by atomic mass is 10.1. The van der Waals surface area contributed by atoms with Gasteiger partial charge in [-0.3, -0.25) is 4.99 Å². The van der Waals surface area contributed by atoms with Gasteiger partial charge in [0.25, 0.3) is 0 Å². The van der Waals surface area contributed by atoms with Gasteiger partial charge >= 0.3 is 6.18 Å². The fraction of sp³-hybridized carbons (Fsp3) is 0.412. The summed E-state index contributed by atoms with van der Waals surface area (Å²) in [7, 11) is 1.63. The first kappa shape index (κ1) is 22.7. The van der Waals surface area contributed by atoms with Crippen molar-refractivity contribution < 1.29 is 13.2 Å². The predicted octanol–water partition coefficient (Wildman–Crippen LogP) is 4.39. The van der Waals surface area contributed by atoms with E-state index in [1.54, 1.807) is 24.5 Å². The molecule has 144 valence electrons. The van der Waals surface area contributed by atoms with Gasteiger partial charge in [-0.2, -0.15) is 13.2 Å². The van der Waals surface area contributed by atoms with Crippen molar-refractivity contribution in [2.24, 2.45) is 4.99 Å². The van der Waals surface area contributed by atoms with E-state index in [9.17, 15) is 13.2 Å². The molecule has 9 heteroatoms. The molecule has 1 aromatic heterocycles. The number of aromatic nitrogens is 1. The SMILES string of the molecule is CN=C(NCCCc1nc(C)cs1)NCc1cccc(C(F)(F)F)c1.I. The highest BCUT2D eigenvalue weighted by Crippen LogP contribution is 2.29. The number of nitrogens with one attached hydrogen (secondary N) is 2. The first-order chi connectivity index (χ1) is 11.9. The van der Waals surface area contributed by atoms with Gasteiger partial charge < -0.3 is 10.6 Å². The summed E-state index contributed by atoms with van der Waals surface area (Å²) >= 11 is 1.65. The first-order valence-corrected chi connectivity index (χ1v) is 8.78. The summed E-state index contributed by atoms with van der Waals surface area (Å²) in [6.45, 7) is 2.95. The largest absolute Gasteiger partial charge is 0.416 e. The lowest BCUT2D eigenvalue weighted by Crippen LogP contribution is -2.37. The van der Waals surface area contributed by atoms with Gasteiger partial charge in [0.1, 0.15) is 0 Å². The van der Waals surface area contributed by atoms with Crippen LogP contribution in [0.5, 0.6) is 0 Å². The zero-order valence-electron chi connectivity index (χ0n) is 14.6. The molecule has 0 unspecified atom stereocenters. The summed E-state index contributed by atoms with van der Waals surface area (Å²) in [6.07, 6.45) is -2.54. The second kappa shape index (κ2) is 10.7. The van der Waals surface area contributed by atoms with Crippen molar-refractivity contribution in [3.8, 4) is 0 Å². The lowest BCUT2D eigenvalue weighted by molar-refractivity contribution is -0.137. The van der Waals surface area contributed by atoms with Crippen molar-refractivity contribution in [2.75, 3.05) is 13.6 Å². The van der Waals surface area contributed by atoms with Crippen LogP contribution >= 0.6 is 35.3 Å². The molecule has 26 heavy (non-hydrogen) atoms. The molecule has 0 spiro atoms. The highest BCUT2D eigenvalue weighted by atomic mass is 127. The second-order valence-corrected chi connectivity index (χ2v) is 6.48. The third kappa shape index (κ3) is 7.48. The van der Waals surface area contributed by atoms with Gasteiger partial charge in [-0.15, -0.1) is 35.3 Å². The molecular formula is C17H22F3IN4S. The molecule has 0 amide bonds. The van der Waals surface area contributed by atoms with Gasteiger partial charge in [-0.1, -0.05) is 12.1 Å². The zero-order valence-corrected chi connectivity index (χ0v) is 17.7. The molecule has 0 atom stereocenters. The summed E-state index contributed by atoms with van der Waals surface area (Å²) in [6, 6.07) is 5.27. The molecule has 1 heterocycles. The molecule has 2 N–H and O–H groups in total. The van der Waals surface area contributed by atoms with Crippen LogP contribution in [-0.4, -0.2) is 24.5 Å². The Morgan fingerprint density at radius 3 is 2.65 bits per heavy atom. The van der Waals surface area contributed by atoms with Crippen LogP contribution < -0.4 is 10.6 Å². The average molecular weight is 498 g/mol. The molecule has 0 fully saturated rings. The van der Waals surface area contributed by atoms with E-state index in [0.717, 1.165) is 35.7 Å². The summed E-state index contributed by atoms with van der Waals surface area (Å²) in [5.41, 5.74) is 0.941. The van der Waals surface area contributed by atoms with Crippen LogP contribution in [0.3, 0.4) is 0 Å². The topological polar surface area (TPSA) is 49.3 Å². The predicted molar refractivity (Wildman–Crippen MR) is 110 cm³/mol. The third-order valence-electron chi connectivity index (χ3n) is 3.46. The van der Waals surface area contributed by atoms with Crippen molar-refractivity contribution in [3.63, 3.8) is 0 Å². The summed E-state index contributed by atoms with van der Waals surface area (Å²) in [5.74, 6) is 0.563. The molecule has 2 aromatic rings. The minimum Gasteiger partial charge on any atom is -0.356 e. The van der Waals surface area contributed by atoms with E-state index in [2.05, 4.69) is 20.6 Å². The number of guanidine groups is 1. The monoisotopic (exact) mass is 498 g/mol. The number of rotatable bonds is 6. The van der Waals surface area contributed by atoms with Gasteiger partial charge in [-0.05, 0) is 31.0 Å². The van der Waals surface area contributed by atoms with E-state index in [1.807, 2.05) is 12.3 Å². The molecule has 1 aromatic carbocycles. The minimum atomic E-state index is -4.33. The van der Waals surface area contributed by atoms with Gasteiger partial charge in [0, 0.05) is 37.6 Å². The molecule has 0 aliphatic heterocycles. The summed E-state index contributed by atoms with van der Waals surface area (Å²) < 4.78 is 38.2. The van der Waals surface area contributed by atoms with Crippen LogP contribution in [0.4, 0.5) is 13.2 Å². The molecule has 2 rings (SSSR count). The maximum atomic E-state index is 12.7. The third-order valence-corrected chi connectivity index (χ3v) is 4.49. The van der Waals surface area contributed by atoms with Gasteiger partial charge in [0.15, 0.2) is 5.96 Å². The zero-order chi connectivity index (χ0) is 18.3. The van der Waals surface area contributed by atoms with Crippen LogP contribution in [0.25, 0.3) is 0 Å². The highest BCUT2D eigenvalue weighted by Gasteiger charge is 2.30.